The number of aromatic amines is 1. The molecule has 0 radical (unpaired) electrons. The minimum Gasteiger partial charge on any atom is -0.463 e. The first-order valence-corrected chi connectivity index (χ1v) is 7.91. The van der Waals surface area contributed by atoms with Crippen LogP contribution >= 0.6 is 0 Å². The van der Waals surface area contributed by atoms with Crippen molar-refractivity contribution in [3.63, 3.8) is 0 Å². The summed E-state index contributed by atoms with van der Waals surface area (Å²) in [6.07, 6.45) is 2.15. The fourth-order valence-corrected chi connectivity index (χ4v) is 2.45. The molecule has 25 heavy (non-hydrogen) atoms. The van der Waals surface area contributed by atoms with Crippen LogP contribution in [0.25, 0.3) is 11.5 Å². The molecular formula is C19H18N2O4. The van der Waals surface area contributed by atoms with Crippen molar-refractivity contribution in [3.8, 4) is 11.5 Å². The predicted octanol–water partition coefficient (Wildman–Crippen LogP) is 2.10. The van der Waals surface area contributed by atoms with E-state index >= 15 is 0 Å². The van der Waals surface area contributed by atoms with Gasteiger partial charge < -0.3 is 19.8 Å². The highest BCUT2D eigenvalue weighted by Gasteiger charge is 2.11. The molecule has 0 saturated carbocycles. The van der Waals surface area contributed by atoms with Crippen molar-refractivity contribution in [2.75, 3.05) is 6.54 Å². The van der Waals surface area contributed by atoms with E-state index in [9.17, 15) is 9.59 Å². The Labute approximate surface area is 144 Å². The maximum Gasteiger partial charge on any atom is 0.261 e. The van der Waals surface area contributed by atoms with Gasteiger partial charge in [0.15, 0.2) is 0 Å². The van der Waals surface area contributed by atoms with E-state index in [1.54, 1.807) is 18.2 Å². The number of hydrogen-bond donors (Lipinski definition) is 3. The molecule has 0 atom stereocenters. The van der Waals surface area contributed by atoms with Gasteiger partial charge in [0.25, 0.3) is 11.5 Å². The number of pyridine rings is 1. The molecule has 2 aromatic heterocycles. The van der Waals surface area contributed by atoms with E-state index in [0.29, 0.717) is 24.4 Å². The molecule has 1 amide bonds. The Morgan fingerprint density at radius 2 is 1.84 bits per heavy atom. The van der Waals surface area contributed by atoms with E-state index in [1.165, 1.54) is 12.3 Å². The summed E-state index contributed by atoms with van der Waals surface area (Å²) < 4.78 is 5.22. The standard InChI is InChI=1S/C19H18N2O4/c22-12-14-5-3-13(4-6-14)9-10-20-18(23)15-7-8-16(21-19(15)24)17-2-1-11-25-17/h1-8,11,22H,9-10,12H2,(H,20,23)(H,21,24). The molecule has 3 N–H and O–H groups in total. The molecule has 0 aliphatic rings. The van der Waals surface area contributed by atoms with E-state index in [2.05, 4.69) is 10.3 Å². The smallest absolute Gasteiger partial charge is 0.261 e. The molecule has 0 saturated heterocycles. The van der Waals surface area contributed by atoms with Gasteiger partial charge in [-0.3, -0.25) is 9.59 Å². The van der Waals surface area contributed by atoms with Gasteiger partial charge >= 0.3 is 0 Å². The van der Waals surface area contributed by atoms with Gasteiger partial charge in [0.05, 0.1) is 18.6 Å². The lowest BCUT2D eigenvalue weighted by atomic mass is 10.1. The minimum atomic E-state index is -0.460. The Morgan fingerprint density at radius 3 is 2.48 bits per heavy atom. The second-order valence-electron chi connectivity index (χ2n) is 5.57. The number of amides is 1. The summed E-state index contributed by atoms with van der Waals surface area (Å²) in [6.45, 7) is 0.421. The molecule has 1 aromatic carbocycles. The van der Waals surface area contributed by atoms with Crippen LogP contribution in [0.3, 0.4) is 0 Å². The van der Waals surface area contributed by atoms with Crippen molar-refractivity contribution in [1.82, 2.24) is 10.3 Å². The number of aromatic nitrogens is 1. The first-order chi connectivity index (χ1) is 12.2. The fraction of sp³-hybridized carbons (Fsp3) is 0.158. The van der Waals surface area contributed by atoms with Crippen molar-refractivity contribution in [2.24, 2.45) is 0 Å². The second kappa shape index (κ2) is 7.63. The third kappa shape index (κ3) is 4.05. The molecule has 6 heteroatoms. The zero-order valence-corrected chi connectivity index (χ0v) is 13.5. The summed E-state index contributed by atoms with van der Waals surface area (Å²) in [5.41, 5.74) is 2.01. The molecular weight excluding hydrogens is 320 g/mol. The zero-order valence-electron chi connectivity index (χ0n) is 13.5. The highest BCUT2D eigenvalue weighted by Crippen LogP contribution is 2.15. The fourth-order valence-electron chi connectivity index (χ4n) is 2.45. The Morgan fingerprint density at radius 1 is 1.08 bits per heavy atom. The van der Waals surface area contributed by atoms with Gasteiger partial charge in [0.1, 0.15) is 11.3 Å². The van der Waals surface area contributed by atoms with Crippen molar-refractivity contribution in [2.45, 2.75) is 13.0 Å². The van der Waals surface area contributed by atoms with Crippen molar-refractivity contribution >= 4 is 5.91 Å². The zero-order chi connectivity index (χ0) is 17.6. The molecule has 0 spiro atoms. The Kier molecular flexibility index (Phi) is 5.11. The summed E-state index contributed by atoms with van der Waals surface area (Å²) in [5.74, 6) is 0.120. The largest absolute Gasteiger partial charge is 0.463 e. The number of nitrogens with one attached hydrogen (secondary N) is 2. The molecule has 0 unspecified atom stereocenters. The molecule has 0 aliphatic carbocycles. The molecule has 0 fully saturated rings. The minimum absolute atomic E-state index is 0.00773. The lowest BCUT2D eigenvalue weighted by Gasteiger charge is -2.06. The first kappa shape index (κ1) is 16.7. The molecule has 0 aliphatic heterocycles. The number of benzene rings is 1. The lowest BCUT2D eigenvalue weighted by molar-refractivity contribution is 0.0952. The average molecular weight is 338 g/mol. The predicted molar refractivity (Wildman–Crippen MR) is 93.2 cm³/mol. The van der Waals surface area contributed by atoms with Crippen LogP contribution in [-0.2, 0) is 13.0 Å². The van der Waals surface area contributed by atoms with Crippen molar-refractivity contribution in [1.29, 1.82) is 0 Å². The van der Waals surface area contributed by atoms with Crippen LogP contribution in [-0.4, -0.2) is 22.5 Å². The number of carbonyl (C=O) groups is 1. The van der Waals surface area contributed by atoms with Crippen LogP contribution in [0.4, 0.5) is 0 Å². The summed E-state index contributed by atoms with van der Waals surface area (Å²) in [6, 6.07) is 14.1. The molecule has 0 bridgehead atoms. The van der Waals surface area contributed by atoms with Crippen molar-refractivity contribution in [3.05, 3.63) is 81.8 Å². The van der Waals surface area contributed by atoms with Gasteiger partial charge in [-0.1, -0.05) is 24.3 Å². The Balaban J connectivity index is 1.60. The number of carbonyl (C=O) groups excluding carboxylic acids is 1. The topological polar surface area (TPSA) is 95.3 Å². The molecule has 2 heterocycles. The Bertz CT molecular complexity index is 896. The third-order valence-electron chi connectivity index (χ3n) is 3.85. The van der Waals surface area contributed by atoms with Gasteiger partial charge in [-0.2, -0.15) is 0 Å². The number of H-pyrrole nitrogens is 1. The van der Waals surface area contributed by atoms with Crippen LogP contribution in [0.1, 0.15) is 21.5 Å². The number of aliphatic hydroxyl groups is 1. The number of furan rings is 1. The maximum absolute atomic E-state index is 12.2. The van der Waals surface area contributed by atoms with Crippen LogP contribution in [0.5, 0.6) is 0 Å². The average Bonchev–Trinajstić information content (AvgIpc) is 3.17. The molecule has 6 nitrogen and oxygen atoms in total. The van der Waals surface area contributed by atoms with E-state index < -0.39 is 11.5 Å². The molecule has 3 aromatic rings. The van der Waals surface area contributed by atoms with Crippen molar-refractivity contribution < 1.29 is 14.3 Å². The van der Waals surface area contributed by atoms with Gasteiger partial charge in [-0.15, -0.1) is 0 Å². The third-order valence-corrected chi connectivity index (χ3v) is 3.85. The van der Waals surface area contributed by atoms with Crippen LogP contribution in [0.2, 0.25) is 0 Å². The van der Waals surface area contributed by atoms with E-state index in [-0.39, 0.29) is 12.2 Å². The van der Waals surface area contributed by atoms with E-state index in [0.717, 1.165) is 11.1 Å². The second-order valence-corrected chi connectivity index (χ2v) is 5.57. The summed E-state index contributed by atoms with van der Waals surface area (Å²) >= 11 is 0. The van der Waals surface area contributed by atoms with Crippen LogP contribution in [0.15, 0.2) is 64.0 Å². The number of hydrogen-bond acceptors (Lipinski definition) is 4. The summed E-state index contributed by atoms with van der Waals surface area (Å²) in [4.78, 5) is 26.9. The SMILES string of the molecule is O=C(NCCc1ccc(CO)cc1)c1ccc(-c2ccco2)[nH]c1=O. The number of rotatable bonds is 6. The van der Waals surface area contributed by atoms with Crippen LogP contribution in [0, 0.1) is 0 Å². The summed E-state index contributed by atoms with van der Waals surface area (Å²) in [5, 5.41) is 11.8. The highest BCUT2D eigenvalue weighted by molar-refractivity contribution is 5.94. The van der Waals surface area contributed by atoms with Crippen LogP contribution < -0.4 is 10.9 Å². The normalized spacial score (nSPS) is 10.6. The van der Waals surface area contributed by atoms with Gasteiger partial charge in [-0.25, -0.2) is 0 Å². The lowest BCUT2D eigenvalue weighted by Crippen LogP contribution is -2.31. The monoisotopic (exact) mass is 338 g/mol. The summed E-state index contributed by atoms with van der Waals surface area (Å²) in [7, 11) is 0. The van der Waals surface area contributed by atoms with E-state index in [4.69, 9.17) is 9.52 Å². The van der Waals surface area contributed by atoms with Gasteiger partial charge in [0.2, 0.25) is 0 Å². The Hall–Kier alpha value is -3.12. The first-order valence-electron chi connectivity index (χ1n) is 7.91. The molecule has 3 rings (SSSR count). The highest BCUT2D eigenvalue weighted by atomic mass is 16.3. The maximum atomic E-state index is 12.2. The van der Waals surface area contributed by atoms with Gasteiger partial charge in [0, 0.05) is 6.54 Å². The van der Waals surface area contributed by atoms with Gasteiger partial charge in [-0.05, 0) is 41.8 Å². The van der Waals surface area contributed by atoms with E-state index in [1.807, 2.05) is 24.3 Å². The molecule has 128 valence electrons. The number of aliphatic hydroxyl groups excluding tert-OH is 1. The quantitative estimate of drug-likeness (QED) is 0.641.